The monoisotopic (exact) mass is 313 g/mol. The van der Waals surface area contributed by atoms with Crippen molar-refractivity contribution in [1.29, 1.82) is 0 Å². The summed E-state index contributed by atoms with van der Waals surface area (Å²) >= 11 is 1.32. The third-order valence-electron chi connectivity index (χ3n) is 2.73. The molecule has 0 spiro atoms. The normalized spacial score (nSPS) is 11.7. The first-order chi connectivity index (χ1) is 9.38. The van der Waals surface area contributed by atoms with Gasteiger partial charge in [-0.05, 0) is 12.5 Å². The van der Waals surface area contributed by atoms with E-state index in [4.69, 9.17) is 10.9 Å². The van der Waals surface area contributed by atoms with Crippen LogP contribution < -0.4 is 16.2 Å². The summed E-state index contributed by atoms with van der Waals surface area (Å²) in [7, 11) is -3.49. The van der Waals surface area contributed by atoms with Gasteiger partial charge in [0, 0.05) is 16.6 Å². The van der Waals surface area contributed by atoms with Crippen molar-refractivity contribution in [2.75, 3.05) is 18.0 Å². The molecule has 0 aliphatic rings. The molecule has 5 N–H and O–H groups in total. The second kappa shape index (κ2) is 5.78. The van der Waals surface area contributed by atoms with E-state index in [1.54, 1.807) is 0 Å². The lowest BCUT2D eigenvalue weighted by Crippen LogP contribution is -2.27. The molecule has 6 nitrogen and oxygen atoms in total. The number of hydrogen-bond donors (Lipinski definition) is 3. The Morgan fingerprint density at radius 2 is 2.00 bits per heavy atom. The van der Waals surface area contributed by atoms with Crippen LogP contribution in [0.5, 0.6) is 0 Å². The van der Waals surface area contributed by atoms with Crippen LogP contribution in [-0.2, 0) is 10.0 Å². The Kier molecular flexibility index (Phi) is 4.26. The highest BCUT2D eigenvalue weighted by Crippen LogP contribution is 2.33. The van der Waals surface area contributed by atoms with E-state index in [1.807, 2.05) is 24.3 Å². The van der Waals surface area contributed by atoms with Crippen LogP contribution in [0.2, 0.25) is 0 Å². The Bertz CT molecular complexity index is 737. The van der Waals surface area contributed by atoms with E-state index in [0.29, 0.717) is 10.6 Å². The molecule has 1 aromatic heterocycles. The van der Waals surface area contributed by atoms with Crippen molar-refractivity contribution in [3.8, 4) is 0 Å². The van der Waals surface area contributed by atoms with E-state index in [0.717, 1.165) is 10.1 Å². The van der Waals surface area contributed by atoms with Crippen LogP contribution in [0.4, 0.5) is 5.69 Å². The number of anilines is 1. The van der Waals surface area contributed by atoms with Crippen molar-refractivity contribution in [2.45, 2.75) is 6.42 Å². The second-order valence-electron chi connectivity index (χ2n) is 4.32. The van der Waals surface area contributed by atoms with Crippen molar-refractivity contribution in [1.82, 2.24) is 5.32 Å². The number of carbonyl (C=O) groups excluding carboxylic acids is 1. The van der Waals surface area contributed by atoms with Crippen molar-refractivity contribution < 1.29 is 13.2 Å². The topological polar surface area (TPSA) is 115 Å². The molecule has 0 saturated heterocycles. The third-order valence-corrected chi connectivity index (χ3v) is 4.77. The van der Waals surface area contributed by atoms with Gasteiger partial charge >= 0.3 is 0 Å². The van der Waals surface area contributed by atoms with Crippen molar-refractivity contribution in [2.24, 2.45) is 5.14 Å². The Labute approximate surface area is 120 Å². The molecule has 0 atom stereocenters. The molecular weight excluding hydrogens is 298 g/mol. The van der Waals surface area contributed by atoms with Crippen LogP contribution in [0.3, 0.4) is 0 Å². The molecular formula is C12H15N3O3S2. The quantitative estimate of drug-likeness (QED) is 0.711. The number of benzene rings is 1. The van der Waals surface area contributed by atoms with Crippen LogP contribution in [0.25, 0.3) is 10.1 Å². The molecule has 8 heteroatoms. The Hall–Kier alpha value is -1.64. The van der Waals surface area contributed by atoms with Gasteiger partial charge in [-0.1, -0.05) is 18.2 Å². The molecule has 2 rings (SSSR count). The van der Waals surface area contributed by atoms with E-state index in [1.165, 1.54) is 11.3 Å². The fourth-order valence-corrected chi connectivity index (χ4v) is 3.38. The first-order valence-corrected chi connectivity index (χ1v) is 8.47. The molecule has 1 amide bonds. The molecule has 0 aliphatic heterocycles. The summed E-state index contributed by atoms with van der Waals surface area (Å²) in [6.07, 6.45) is 0.273. The first kappa shape index (κ1) is 14.8. The molecule has 108 valence electrons. The summed E-state index contributed by atoms with van der Waals surface area (Å²) in [4.78, 5) is 12.4. The fourth-order valence-electron chi connectivity index (χ4n) is 1.79. The largest absolute Gasteiger partial charge is 0.397 e. The Morgan fingerprint density at radius 1 is 1.30 bits per heavy atom. The van der Waals surface area contributed by atoms with Gasteiger partial charge in [0.05, 0.1) is 11.4 Å². The molecule has 0 fully saturated rings. The zero-order chi connectivity index (χ0) is 14.8. The lowest BCUT2D eigenvalue weighted by Gasteiger charge is -2.03. The number of rotatable bonds is 5. The molecule has 0 saturated carbocycles. The maximum absolute atomic E-state index is 12.0. The lowest BCUT2D eigenvalue weighted by molar-refractivity contribution is 0.0958. The summed E-state index contributed by atoms with van der Waals surface area (Å²) in [5.41, 5.74) is 6.40. The number of nitrogens with one attached hydrogen (secondary N) is 1. The van der Waals surface area contributed by atoms with Crippen LogP contribution in [-0.4, -0.2) is 26.6 Å². The number of amides is 1. The molecule has 1 heterocycles. The van der Waals surface area contributed by atoms with Crippen molar-refractivity contribution in [3.63, 3.8) is 0 Å². The van der Waals surface area contributed by atoms with Gasteiger partial charge in [-0.25, -0.2) is 13.6 Å². The number of primary sulfonamides is 1. The third kappa shape index (κ3) is 3.47. The average molecular weight is 313 g/mol. The van der Waals surface area contributed by atoms with E-state index in [9.17, 15) is 13.2 Å². The van der Waals surface area contributed by atoms with Gasteiger partial charge in [-0.3, -0.25) is 4.79 Å². The van der Waals surface area contributed by atoms with Crippen LogP contribution in [0.1, 0.15) is 16.1 Å². The van der Waals surface area contributed by atoms with Crippen molar-refractivity contribution in [3.05, 3.63) is 29.1 Å². The number of hydrogen-bond acceptors (Lipinski definition) is 5. The minimum atomic E-state index is -3.49. The standard InChI is InChI=1S/C12H15N3O3S2/c13-10-8-4-1-2-5-9(8)19-11(10)12(16)15-6-3-7-20(14,17)18/h1-2,4-5H,3,6-7,13H2,(H,15,16)(H2,14,17,18). The van der Waals surface area contributed by atoms with Gasteiger partial charge in [0.1, 0.15) is 4.88 Å². The van der Waals surface area contributed by atoms with E-state index < -0.39 is 10.0 Å². The summed E-state index contributed by atoms with van der Waals surface area (Å²) in [5.74, 6) is -0.451. The lowest BCUT2D eigenvalue weighted by atomic mass is 10.2. The molecule has 0 radical (unpaired) electrons. The van der Waals surface area contributed by atoms with Gasteiger partial charge in [-0.2, -0.15) is 0 Å². The zero-order valence-corrected chi connectivity index (χ0v) is 12.3. The predicted molar refractivity (Wildman–Crippen MR) is 81.2 cm³/mol. The second-order valence-corrected chi connectivity index (χ2v) is 7.10. The number of thiophene rings is 1. The van der Waals surface area contributed by atoms with Crippen LogP contribution in [0, 0.1) is 0 Å². The Balaban J connectivity index is 2.03. The highest BCUT2D eigenvalue weighted by Gasteiger charge is 2.15. The maximum atomic E-state index is 12.0. The highest BCUT2D eigenvalue weighted by atomic mass is 32.2. The van der Waals surface area contributed by atoms with Gasteiger partial charge in [0.2, 0.25) is 10.0 Å². The van der Waals surface area contributed by atoms with Gasteiger partial charge in [-0.15, -0.1) is 11.3 Å². The van der Waals surface area contributed by atoms with Crippen LogP contribution >= 0.6 is 11.3 Å². The minimum absolute atomic E-state index is 0.158. The smallest absolute Gasteiger partial charge is 0.263 e. The zero-order valence-electron chi connectivity index (χ0n) is 10.6. The van der Waals surface area contributed by atoms with E-state index in [-0.39, 0.29) is 24.6 Å². The molecule has 2 aromatic rings. The molecule has 0 unspecified atom stereocenters. The predicted octanol–water partition coefficient (Wildman–Crippen LogP) is 0.892. The van der Waals surface area contributed by atoms with E-state index >= 15 is 0 Å². The molecule has 0 bridgehead atoms. The number of carbonyl (C=O) groups is 1. The van der Waals surface area contributed by atoms with Gasteiger partial charge < -0.3 is 11.1 Å². The number of fused-ring (bicyclic) bond motifs is 1. The summed E-state index contributed by atoms with van der Waals surface area (Å²) in [6, 6.07) is 7.50. The average Bonchev–Trinajstić information content (AvgIpc) is 2.72. The fraction of sp³-hybridized carbons (Fsp3) is 0.250. The van der Waals surface area contributed by atoms with Crippen molar-refractivity contribution >= 4 is 43.0 Å². The highest BCUT2D eigenvalue weighted by molar-refractivity contribution is 7.89. The maximum Gasteiger partial charge on any atom is 0.263 e. The SMILES string of the molecule is Nc1c(C(=O)NCCCS(N)(=O)=O)sc2ccccc12. The van der Waals surface area contributed by atoms with Gasteiger partial charge in [0.25, 0.3) is 5.91 Å². The molecule has 0 aliphatic carbocycles. The van der Waals surface area contributed by atoms with Crippen LogP contribution in [0.15, 0.2) is 24.3 Å². The number of sulfonamides is 1. The molecule has 20 heavy (non-hydrogen) atoms. The Morgan fingerprint density at radius 3 is 2.65 bits per heavy atom. The summed E-state index contributed by atoms with van der Waals surface area (Å²) in [5, 5.41) is 8.38. The number of nitrogens with two attached hydrogens (primary N) is 2. The minimum Gasteiger partial charge on any atom is -0.397 e. The summed E-state index contributed by atoms with van der Waals surface area (Å²) < 4.78 is 22.5. The summed E-state index contributed by atoms with van der Waals surface area (Å²) in [6.45, 7) is 0.239. The van der Waals surface area contributed by atoms with E-state index in [2.05, 4.69) is 5.32 Å². The molecule has 1 aromatic carbocycles. The van der Waals surface area contributed by atoms with Gasteiger partial charge in [0.15, 0.2) is 0 Å². The number of nitrogen functional groups attached to an aromatic ring is 1. The first-order valence-electron chi connectivity index (χ1n) is 5.94.